The van der Waals surface area contributed by atoms with E-state index in [0.29, 0.717) is 12.0 Å². The second kappa shape index (κ2) is 3.84. The maximum atomic E-state index is 12.4. The van der Waals surface area contributed by atoms with Gasteiger partial charge in [0, 0.05) is 6.04 Å². The van der Waals surface area contributed by atoms with Gasteiger partial charge in [0.15, 0.2) is 0 Å². The molecular weight excluding hydrogens is 212 g/mol. The Balaban J connectivity index is 1.83. The van der Waals surface area contributed by atoms with E-state index in [2.05, 4.69) is 19.2 Å². The van der Waals surface area contributed by atoms with E-state index in [1.807, 2.05) is 35.2 Å². The van der Waals surface area contributed by atoms with Crippen molar-refractivity contribution in [3.05, 3.63) is 35.9 Å². The summed E-state index contributed by atoms with van der Waals surface area (Å²) in [6, 6.07) is 10.3. The summed E-state index contributed by atoms with van der Waals surface area (Å²) < 4.78 is 0. The fourth-order valence-corrected chi connectivity index (χ4v) is 2.76. The van der Waals surface area contributed by atoms with Crippen molar-refractivity contribution >= 4 is 5.91 Å². The largest absolute Gasteiger partial charge is 0.323 e. The number of nitrogens with one attached hydrogen (secondary N) is 1. The molecule has 1 aliphatic heterocycles. The van der Waals surface area contributed by atoms with Crippen molar-refractivity contribution in [2.75, 3.05) is 0 Å². The zero-order chi connectivity index (χ0) is 12.0. The SMILES string of the molecule is CC1CC1N1C(=O)C(c2ccccc2)NC1C. The molecular formula is C14H18N2O. The summed E-state index contributed by atoms with van der Waals surface area (Å²) in [7, 11) is 0. The summed E-state index contributed by atoms with van der Waals surface area (Å²) in [5.41, 5.74) is 1.07. The molecule has 3 rings (SSSR count). The molecule has 1 saturated heterocycles. The van der Waals surface area contributed by atoms with Gasteiger partial charge >= 0.3 is 0 Å². The molecule has 0 radical (unpaired) electrons. The number of nitrogens with zero attached hydrogens (tertiary/aromatic N) is 1. The van der Waals surface area contributed by atoms with Crippen molar-refractivity contribution < 1.29 is 4.79 Å². The number of carbonyl (C=O) groups is 1. The number of benzene rings is 1. The first-order valence-electron chi connectivity index (χ1n) is 6.31. The lowest BCUT2D eigenvalue weighted by Gasteiger charge is -2.20. The van der Waals surface area contributed by atoms with Gasteiger partial charge in [-0.15, -0.1) is 0 Å². The van der Waals surface area contributed by atoms with Crippen molar-refractivity contribution in [3.8, 4) is 0 Å². The maximum Gasteiger partial charge on any atom is 0.245 e. The first-order valence-corrected chi connectivity index (χ1v) is 6.31. The van der Waals surface area contributed by atoms with Gasteiger partial charge in [-0.2, -0.15) is 0 Å². The molecule has 90 valence electrons. The summed E-state index contributed by atoms with van der Waals surface area (Å²) >= 11 is 0. The van der Waals surface area contributed by atoms with E-state index >= 15 is 0 Å². The molecule has 0 aromatic heterocycles. The van der Waals surface area contributed by atoms with Gasteiger partial charge in [-0.1, -0.05) is 37.3 Å². The van der Waals surface area contributed by atoms with Gasteiger partial charge in [0.25, 0.3) is 0 Å². The minimum atomic E-state index is -0.154. The van der Waals surface area contributed by atoms with Crippen LogP contribution in [0.25, 0.3) is 0 Å². The zero-order valence-corrected chi connectivity index (χ0v) is 10.3. The number of hydrogen-bond acceptors (Lipinski definition) is 2. The van der Waals surface area contributed by atoms with Crippen LogP contribution in [-0.2, 0) is 4.79 Å². The van der Waals surface area contributed by atoms with Crippen molar-refractivity contribution in [2.24, 2.45) is 5.92 Å². The minimum Gasteiger partial charge on any atom is -0.323 e. The van der Waals surface area contributed by atoms with Gasteiger partial charge < -0.3 is 4.90 Å². The van der Waals surface area contributed by atoms with Crippen molar-refractivity contribution in [3.63, 3.8) is 0 Å². The van der Waals surface area contributed by atoms with Crippen LogP contribution < -0.4 is 5.32 Å². The van der Waals surface area contributed by atoms with Gasteiger partial charge in [-0.3, -0.25) is 10.1 Å². The molecule has 1 saturated carbocycles. The highest BCUT2D eigenvalue weighted by atomic mass is 16.2. The van der Waals surface area contributed by atoms with Gasteiger partial charge in [-0.25, -0.2) is 0 Å². The van der Waals surface area contributed by atoms with Crippen LogP contribution in [0.3, 0.4) is 0 Å². The third kappa shape index (κ3) is 1.75. The van der Waals surface area contributed by atoms with Crippen LogP contribution in [-0.4, -0.2) is 23.0 Å². The molecule has 4 atom stereocenters. The Hall–Kier alpha value is -1.35. The smallest absolute Gasteiger partial charge is 0.245 e. The van der Waals surface area contributed by atoms with Crippen LogP contribution in [0.2, 0.25) is 0 Å². The third-order valence-electron chi connectivity index (χ3n) is 3.88. The highest BCUT2D eigenvalue weighted by molar-refractivity contribution is 5.86. The minimum absolute atomic E-state index is 0.154. The second-order valence-corrected chi connectivity index (χ2v) is 5.21. The first-order chi connectivity index (χ1) is 8.18. The Labute approximate surface area is 102 Å². The van der Waals surface area contributed by atoms with Gasteiger partial charge in [0.1, 0.15) is 6.04 Å². The summed E-state index contributed by atoms with van der Waals surface area (Å²) in [6.07, 6.45) is 1.31. The molecule has 2 aliphatic rings. The predicted molar refractivity (Wildman–Crippen MR) is 66.2 cm³/mol. The second-order valence-electron chi connectivity index (χ2n) is 5.21. The summed E-state index contributed by atoms with van der Waals surface area (Å²) in [6.45, 7) is 4.28. The lowest BCUT2D eigenvalue weighted by atomic mass is 10.1. The monoisotopic (exact) mass is 230 g/mol. The summed E-state index contributed by atoms with van der Waals surface area (Å²) in [5, 5.41) is 3.39. The molecule has 4 unspecified atom stereocenters. The topological polar surface area (TPSA) is 32.3 Å². The number of rotatable bonds is 2. The molecule has 1 N–H and O–H groups in total. The molecule has 0 spiro atoms. The lowest BCUT2D eigenvalue weighted by Crippen LogP contribution is -2.37. The van der Waals surface area contributed by atoms with Crippen molar-refractivity contribution in [1.29, 1.82) is 0 Å². The normalized spacial score (nSPS) is 36.4. The molecule has 3 nitrogen and oxygen atoms in total. The summed E-state index contributed by atoms with van der Waals surface area (Å²) in [5.74, 6) is 0.899. The van der Waals surface area contributed by atoms with E-state index < -0.39 is 0 Å². The predicted octanol–water partition coefficient (Wildman–Crippen LogP) is 1.91. The standard InChI is InChI=1S/C14H18N2O/c1-9-8-12(9)16-10(2)15-13(14(16)17)11-6-4-3-5-7-11/h3-7,9-10,12-13,15H,8H2,1-2H3. The molecule has 1 heterocycles. The van der Waals surface area contributed by atoms with Gasteiger partial charge in [0.2, 0.25) is 5.91 Å². The Kier molecular flexibility index (Phi) is 2.44. The van der Waals surface area contributed by atoms with Crippen LogP contribution in [0.5, 0.6) is 0 Å². The molecule has 1 aromatic rings. The van der Waals surface area contributed by atoms with Crippen LogP contribution in [0, 0.1) is 5.92 Å². The first kappa shape index (κ1) is 10.8. The fourth-order valence-electron chi connectivity index (χ4n) is 2.76. The molecule has 1 aromatic carbocycles. The average Bonchev–Trinajstić information content (AvgIpc) is 2.96. The van der Waals surface area contributed by atoms with Crippen LogP contribution in [0.15, 0.2) is 30.3 Å². The molecule has 2 fully saturated rings. The van der Waals surface area contributed by atoms with Gasteiger partial charge in [0.05, 0.1) is 6.17 Å². The molecule has 1 aliphatic carbocycles. The number of hydrogen-bond donors (Lipinski definition) is 1. The number of amides is 1. The van der Waals surface area contributed by atoms with Crippen molar-refractivity contribution in [1.82, 2.24) is 10.2 Å². The van der Waals surface area contributed by atoms with E-state index in [0.717, 1.165) is 12.0 Å². The van der Waals surface area contributed by atoms with Crippen LogP contribution in [0.1, 0.15) is 31.9 Å². The number of carbonyl (C=O) groups excluding carboxylic acids is 1. The third-order valence-corrected chi connectivity index (χ3v) is 3.88. The highest BCUT2D eigenvalue weighted by Crippen LogP contribution is 2.39. The molecule has 0 bridgehead atoms. The van der Waals surface area contributed by atoms with E-state index in [1.54, 1.807) is 0 Å². The zero-order valence-electron chi connectivity index (χ0n) is 10.3. The van der Waals surface area contributed by atoms with Crippen molar-refractivity contribution in [2.45, 2.75) is 38.5 Å². The Morgan fingerprint density at radius 1 is 1.24 bits per heavy atom. The van der Waals surface area contributed by atoms with Crippen LogP contribution >= 0.6 is 0 Å². The summed E-state index contributed by atoms with van der Waals surface area (Å²) in [4.78, 5) is 14.4. The van der Waals surface area contributed by atoms with Gasteiger partial charge in [-0.05, 0) is 24.8 Å². The average molecular weight is 230 g/mol. The molecule has 1 amide bonds. The molecule has 17 heavy (non-hydrogen) atoms. The van der Waals surface area contributed by atoms with E-state index in [1.165, 1.54) is 0 Å². The Bertz CT molecular complexity index is 431. The molecule has 3 heteroatoms. The highest BCUT2D eigenvalue weighted by Gasteiger charge is 2.48. The van der Waals surface area contributed by atoms with E-state index in [9.17, 15) is 4.79 Å². The maximum absolute atomic E-state index is 12.4. The fraction of sp³-hybridized carbons (Fsp3) is 0.500. The van der Waals surface area contributed by atoms with Crippen LogP contribution in [0.4, 0.5) is 0 Å². The Morgan fingerprint density at radius 3 is 2.47 bits per heavy atom. The van der Waals surface area contributed by atoms with E-state index in [4.69, 9.17) is 0 Å². The Morgan fingerprint density at radius 2 is 1.88 bits per heavy atom. The lowest BCUT2D eigenvalue weighted by molar-refractivity contribution is -0.130. The van der Waals surface area contributed by atoms with E-state index in [-0.39, 0.29) is 18.1 Å². The quantitative estimate of drug-likeness (QED) is 0.841.